The molecule has 0 aliphatic heterocycles. The standard InChI is InChI=1S/C18H20IO3/c1-11-9-12(2)14(4)18(13(11)3)19-15-5-7-16(8-6-15)22-10-17(20)21/h5-9H,10H2,1-4H3,(H,20,21)/q-1. The first-order chi connectivity index (χ1) is 10.4. The van der Waals surface area contributed by atoms with Gasteiger partial charge in [-0.1, -0.05) is 0 Å². The summed E-state index contributed by atoms with van der Waals surface area (Å²) in [4.78, 5) is 10.5. The molecule has 3 nitrogen and oxygen atoms in total. The zero-order valence-electron chi connectivity index (χ0n) is 13.2. The summed E-state index contributed by atoms with van der Waals surface area (Å²) in [5.41, 5.74) is 5.47. The normalized spacial score (nSPS) is 10.7. The maximum atomic E-state index is 10.5. The van der Waals surface area contributed by atoms with Gasteiger partial charge in [0.2, 0.25) is 0 Å². The summed E-state index contributed by atoms with van der Waals surface area (Å²) in [5.74, 6) is -0.359. The molecule has 0 atom stereocenters. The topological polar surface area (TPSA) is 46.5 Å². The van der Waals surface area contributed by atoms with Gasteiger partial charge < -0.3 is 0 Å². The van der Waals surface area contributed by atoms with E-state index in [0.717, 1.165) is 0 Å². The van der Waals surface area contributed by atoms with Gasteiger partial charge in [-0.05, 0) is 0 Å². The summed E-state index contributed by atoms with van der Waals surface area (Å²) < 4.78 is 7.96. The Hall–Kier alpha value is -1.56. The van der Waals surface area contributed by atoms with Gasteiger partial charge in [-0.3, -0.25) is 0 Å². The van der Waals surface area contributed by atoms with Crippen LogP contribution in [0.2, 0.25) is 0 Å². The second kappa shape index (κ2) is 7.13. The molecule has 0 spiro atoms. The molecule has 0 aliphatic carbocycles. The van der Waals surface area contributed by atoms with Crippen molar-refractivity contribution in [3.63, 3.8) is 0 Å². The number of carboxylic acids is 1. The van der Waals surface area contributed by atoms with Crippen LogP contribution in [-0.4, -0.2) is 17.7 Å². The van der Waals surface area contributed by atoms with Gasteiger partial charge in [0.15, 0.2) is 0 Å². The number of carbonyl (C=O) groups is 1. The van der Waals surface area contributed by atoms with Crippen molar-refractivity contribution in [2.24, 2.45) is 0 Å². The van der Waals surface area contributed by atoms with E-state index in [4.69, 9.17) is 9.84 Å². The minimum atomic E-state index is -0.960. The van der Waals surface area contributed by atoms with Crippen LogP contribution >= 0.6 is 0 Å². The third-order valence-electron chi connectivity index (χ3n) is 3.65. The fourth-order valence-electron chi connectivity index (χ4n) is 2.16. The van der Waals surface area contributed by atoms with Crippen LogP contribution < -0.4 is 25.9 Å². The Bertz CT molecular complexity index is 664. The molecule has 22 heavy (non-hydrogen) atoms. The molecule has 2 aromatic carbocycles. The SMILES string of the molecule is Cc1cc(C)c(C)c([I-]c2ccc(OCC(=O)O)cc2)c1C. The number of hydrogen-bond donors (Lipinski definition) is 1. The second-order valence-corrected chi connectivity index (χ2v) is 8.17. The molecule has 0 radical (unpaired) electrons. The Morgan fingerprint density at radius 2 is 1.59 bits per heavy atom. The number of aryl methyl sites for hydroxylation is 2. The fraction of sp³-hybridized carbons (Fsp3) is 0.278. The van der Waals surface area contributed by atoms with Crippen molar-refractivity contribution >= 4 is 5.97 Å². The molecule has 0 aliphatic rings. The summed E-state index contributed by atoms with van der Waals surface area (Å²) in [7, 11) is 0. The van der Waals surface area contributed by atoms with Crippen LogP contribution in [0.3, 0.4) is 0 Å². The molecule has 0 bridgehead atoms. The number of benzene rings is 2. The van der Waals surface area contributed by atoms with Crippen LogP contribution in [0.4, 0.5) is 0 Å². The van der Waals surface area contributed by atoms with Gasteiger partial charge in [0.05, 0.1) is 0 Å². The molecule has 0 saturated heterocycles. The van der Waals surface area contributed by atoms with E-state index in [2.05, 4.69) is 33.8 Å². The molecule has 2 aromatic rings. The van der Waals surface area contributed by atoms with E-state index in [1.165, 1.54) is 29.4 Å². The number of rotatable bonds is 5. The third kappa shape index (κ3) is 4.00. The summed E-state index contributed by atoms with van der Waals surface area (Å²) in [6, 6.07) is 10.0. The van der Waals surface area contributed by atoms with Crippen LogP contribution in [-0.2, 0) is 4.79 Å². The molecular weight excluding hydrogens is 391 g/mol. The van der Waals surface area contributed by atoms with E-state index < -0.39 is 5.97 Å². The summed E-state index contributed by atoms with van der Waals surface area (Å²) in [6.45, 7) is 8.42. The van der Waals surface area contributed by atoms with Gasteiger partial charge in [-0.2, -0.15) is 0 Å². The van der Waals surface area contributed by atoms with Gasteiger partial charge >= 0.3 is 142 Å². The van der Waals surface area contributed by atoms with Crippen LogP contribution in [0.15, 0.2) is 30.3 Å². The van der Waals surface area contributed by atoms with Crippen LogP contribution in [0, 0.1) is 34.8 Å². The quantitative estimate of drug-likeness (QED) is 0.730. The number of halogens is 1. The Labute approximate surface area is 141 Å². The van der Waals surface area contributed by atoms with Gasteiger partial charge in [0.1, 0.15) is 0 Å². The van der Waals surface area contributed by atoms with E-state index in [1.807, 2.05) is 24.3 Å². The fourth-order valence-corrected chi connectivity index (χ4v) is 5.16. The van der Waals surface area contributed by atoms with Crippen molar-refractivity contribution < 1.29 is 35.8 Å². The summed E-state index contributed by atoms with van der Waals surface area (Å²) >= 11 is -0.255. The molecule has 0 heterocycles. The van der Waals surface area contributed by atoms with E-state index >= 15 is 0 Å². The number of hydrogen-bond acceptors (Lipinski definition) is 2. The van der Waals surface area contributed by atoms with Gasteiger partial charge in [0.25, 0.3) is 0 Å². The molecule has 0 fully saturated rings. The molecular formula is C18H20IO3-. The second-order valence-electron chi connectivity index (χ2n) is 5.31. The monoisotopic (exact) mass is 411 g/mol. The minimum absolute atomic E-state index is 0.255. The number of aliphatic carboxylic acids is 1. The zero-order chi connectivity index (χ0) is 16.3. The molecule has 2 rings (SSSR count). The Morgan fingerprint density at radius 1 is 1.05 bits per heavy atom. The van der Waals surface area contributed by atoms with E-state index in [0.29, 0.717) is 5.75 Å². The van der Waals surface area contributed by atoms with Crippen molar-refractivity contribution in [1.82, 2.24) is 0 Å². The predicted octanol–water partition coefficient (Wildman–Crippen LogP) is 0.512. The maximum absolute atomic E-state index is 10.5. The Morgan fingerprint density at radius 3 is 2.09 bits per heavy atom. The van der Waals surface area contributed by atoms with Gasteiger partial charge in [-0.15, -0.1) is 0 Å². The van der Waals surface area contributed by atoms with Gasteiger partial charge in [-0.25, -0.2) is 0 Å². The van der Waals surface area contributed by atoms with Crippen molar-refractivity contribution in [1.29, 1.82) is 0 Å². The average molecular weight is 411 g/mol. The number of carboxylic acid groups (broad SMARTS) is 1. The number of ether oxygens (including phenoxy) is 1. The zero-order valence-corrected chi connectivity index (χ0v) is 15.4. The van der Waals surface area contributed by atoms with Crippen LogP contribution in [0.1, 0.15) is 22.3 Å². The first-order valence-electron chi connectivity index (χ1n) is 7.05. The molecule has 118 valence electrons. The molecule has 1 N–H and O–H groups in total. The van der Waals surface area contributed by atoms with Crippen LogP contribution in [0.5, 0.6) is 5.75 Å². The third-order valence-corrected chi connectivity index (χ3v) is 7.15. The van der Waals surface area contributed by atoms with E-state index in [9.17, 15) is 4.79 Å². The molecule has 4 heteroatoms. The Kier molecular flexibility index (Phi) is 5.45. The molecule has 0 aromatic heterocycles. The van der Waals surface area contributed by atoms with Crippen molar-refractivity contribution in [3.8, 4) is 5.75 Å². The molecule has 0 unspecified atom stereocenters. The van der Waals surface area contributed by atoms with E-state index in [1.54, 1.807) is 0 Å². The molecule has 0 saturated carbocycles. The average Bonchev–Trinajstić information content (AvgIpc) is 2.48. The summed E-state index contributed by atoms with van der Waals surface area (Å²) in [5, 5.41) is 8.62. The summed E-state index contributed by atoms with van der Waals surface area (Å²) in [6.07, 6.45) is 0. The first kappa shape index (κ1) is 16.8. The van der Waals surface area contributed by atoms with Crippen molar-refractivity contribution in [2.45, 2.75) is 27.7 Å². The van der Waals surface area contributed by atoms with Gasteiger partial charge in [0, 0.05) is 0 Å². The molecule has 0 amide bonds. The van der Waals surface area contributed by atoms with E-state index in [-0.39, 0.29) is 27.8 Å². The van der Waals surface area contributed by atoms with Crippen LogP contribution in [0.25, 0.3) is 0 Å². The van der Waals surface area contributed by atoms with Crippen molar-refractivity contribution in [2.75, 3.05) is 6.61 Å². The predicted molar refractivity (Wildman–Crippen MR) is 82.4 cm³/mol. The first-order valence-corrected chi connectivity index (χ1v) is 9.21. The Balaban J connectivity index is 2.20. The van der Waals surface area contributed by atoms with Crippen molar-refractivity contribution in [3.05, 3.63) is 59.7 Å².